The normalized spacial score (nSPS) is 10.8. The summed E-state index contributed by atoms with van der Waals surface area (Å²) in [7, 11) is 1.79. The number of benzene rings is 2. The maximum Gasteiger partial charge on any atom is 0.273 e. The number of aromatic nitrogens is 2. The van der Waals surface area contributed by atoms with Gasteiger partial charge in [-0.1, -0.05) is 54.5 Å². The third-order valence-electron chi connectivity index (χ3n) is 3.93. The molecule has 2 aromatic carbocycles. The zero-order valence-electron chi connectivity index (χ0n) is 16.1. The number of hydrogen-bond acceptors (Lipinski definition) is 2. The summed E-state index contributed by atoms with van der Waals surface area (Å²) in [5.74, 6) is 2.99. The monoisotopic (exact) mass is 357 g/mol. The predicted molar refractivity (Wildman–Crippen MR) is 109 cm³/mol. The Morgan fingerprint density at radius 1 is 1.04 bits per heavy atom. The molecule has 0 saturated heterocycles. The summed E-state index contributed by atoms with van der Waals surface area (Å²) in [5, 5.41) is 4.12. The van der Waals surface area contributed by atoms with Crippen LogP contribution in [0.15, 0.2) is 67.0 Å². The van der Waals surface area contributed by atoms with Crippen LogP contribution in [-0.2, 0) is 7.05 Å². The van der Waals surface area contributed by atoms with Gasteiger partial charge in [0, 0.05) is 30.3 Å². The van der Waals surface area contributed by atoms with Crippen LogP contribution < -0.4 is 4.90 Å². The van der Waals surface area contributed by atoms with Gasteiger partial charge in [0.1, 0.15) is 0 Å². The zero-order chi connectivity index (χ0) is 19.4. The van der Waals surface area contributed by atoms with Crippen LogP contribution in [-0.4, -0.2) is 15.7 Å². The van der Waals surface area contributed by atoms with Crippen LogP contribution in [0.5, 0.6) is 0 Å². The molecule has 1 aromatic heterocycles. The van der Waals surface area contributed by atoms with Crippen LogP contribution in [0.4, 0.5) is 5.69 Å². The summed E-state index contributed by atoms with van der Waals surface area (Å²) in [6.07, 6.45) is 3.28. The predicted octanol–water partition coefficient (Wildman–Crippen LogP) is 4.74. The van der Waals surface area contributed by atoms with E-state index >= 15 is 0 Å². The molecule has 0 aliphatic carbocycles. The molecule has 0 aliphatic rings. The maximum absolute atomic E-state index is 13.2. The van der Waals surface area contributed by atoms with Gasteiger partial charge in [-0.05, 0) is 32.4 Å². The van der Waals surface area contributed by atoms with Crippen LogP contribution in [0.3, 0.4) is 0 Å². The number of aryl methyl sites for hydroxylation is 1. The average molecular weight is 357 g/mol. The lowest BCUT2D eigenvalue weighted by atomic mass is 9.98. The summed E-state index contributed by atoms with van der Waals surface area (Å²) >= 11 is 0. The van der Waals surface area contributed by atoms with Crippen molar-refractivity contribution in [1.29, 1.82) is 0 Å². The molecular formula is C23H23N3O. The van der Waals surface area contributed by atoms with Gasteiger partial charge in [0.25, 0.3) is 5.91 Å². The highest BCUT2D eigenvalue weighted by Crippen LogP contribution is 2.31. The number of hydrogen-bond donors (Lipinski definition) is 0. The SMILES string of the molecule is Cn1cc(C(=O)N(C#CC(C)(C)C)c2ccccc2-c2ccccc2)cn1. The van der Waals surface area contributed by atoms with E-state index in [0.29, 0.717) is 5.56 Å². The highest BCUT2D eigenvalue weighted by atomic mass is 16.2. The summed E-state index contributed by atoms with van der Waals surface area (Å²) in [6, 6.07) is 20.9. The molecule has 0 unspecified atom stereocenters. The molecule has 0 atom stereocenters. The fourth-order valence-electron chi connectivity index (χ4n) is 2.64. The molecule has 0 aliphatic heterocycles. The number of carbonyl (C=O) groups excluding carboxylic acids is 1. The van der Waals surface area contributed by atoms with Crippen molar-refractivity contribution in [2.75, 3.05) is 4.90 Å². The first-order valence-electron chi connectivity index (χ1n) is 8.85. The molecule has 4 heteroatoms. The van der Waals surface area contributed by atoms with E-state index in [9.17, 15) is 4.79 Å². The number of rotatable bonds is 3. The van der Waals surface area contributed by atoms with Crippen molar-refractivity contribution in [2.45, 2.75) is 20.8 Å². The Balaban J connectivity index is 2.14. The number of anilines is 1. The number of carbonyl (C=O) groups is 1. The lowest BCUT2D eigenvalue weighted by Crippen LogP contribution is -2.26. The lowest BCUT2D eigenvalue weighted by Gasteiger charge is -2.20. The smallest absolute Gasteiger partial charge is 0.273 e. The van der Waals surface area contributed by atoms with Gasteiger partial charge in [-0.15, -0.1) is 0 Å². The maximum atomic E-state index is 13.2. The van der Waals surface area contributed by atoms with Crippen molar-refractivity contribution in [3.05, 3.63) is 72.6 Å². The summed E-state index contributed by atoms with van der Waals surface area (Å²) in [4.78, 5) is 14.8. The molecule has 0 N–H and O–H groups in total. The topological polar surface area (TPSA) is 38.1 Å². The first-order chi connectivity index (χ1) is 12.8. The Bertz CT molecular complexity index is 1000. The van der Waals surface area contributed by atoms with E-state index in [1.807, 2.05) is 75.4 Å². The second-order valence-corrected chi connectivity index (χ2v) is 7.41. The molecule has 136 valence electrons. The molecular weight excluding hydrogens is 334 g/mol. The highest BCUT2D eigenvalue weighted by Gasteiger charge is 2.21. The van der Waals surface area contributed by atoms with E-state index in [1.54, 1.807) is 24.1 Å². The van der Waals surface area contributed by atoms with Crippen molar-refractivity contribution in [1.82, 2.24) is 9.78 Å². The molecule has 0 fully saturated rings. The van der Waals surface area contributed by atoms with Gasteiger partial charge in [-0.25, -0.2) is 4.90 Å². The van der Waals surface area contributed by atoms with Crippen LogP contribution in [0.2, 0.25) is 0 Å². The van der Waals surface area contributed by atoms with Crippen LogP contribution >= 0.6 is 0 Å². The van der Waals surface area contributed by atoms with Crippen molar-refractivity contribution in [2.24, 2.45) is 12.5 Å². The van der Waals surface area contributed by atoms with Gasteiger partial charge in [0.05, 0.1) is 17.4 Å². The Morgan fingerprint density at radius 3 is 2.33 bits per heavy atom. The molecule has 0 radical (unpaired) electrons. The van der Waals surface area contributed by atoms with E-state index in [1.165, 1.54) is 4.90 Å². The minimum absolute atomic E-state index is 0.191. The third-order valence-corrected chi connectivity index (χ3v) is 3.93. The van der Waals surface area contributed by atoms with E-state index < -0.39 is 0 Å². The quantitative estimate of drug-likeness (QED) is 0.501. The molecule has 27 heavy (non-hydrogen) atoms. The van der Waals surface area contributed by atoms with E-state index in [-0.39, 0.29) is 11.3 Å². The van der Waals surface area contributed by atoms with E-state index in [0.717, 1.165) is 16.8 Å². The van der Waals surface area contributed by atoms with E-state index in [2.05, 4.69) is 17.1 Å². The molecule has 3 aromatic rings. The molecule has 3 rings (SSSR count). The van der Waals surface area contributed by atoms with Crippen molar-refractivity contribution in [3.8, 4) is 23.1 Å². The van der Waals surface area contributed by atoms with Gasteiger partial charge < -0.3 is 0 Å². The first-order valence-corrected chi connectivity index (χ1v) is 8.85. The Labute approximate surface area is 160 Å². The molecule has 4 nitrogen and oxygen atoms in total. The molecule has 1 heterocycles. The summed E-state index contributed by atoms with van der Waals surface area (Å²) in [6.45, 7) is 6.07. The minimum Gasteiger partial charge on any atom is -0.275 e. The number of amides is 1. The van der Waals surface area contributed by atoms with Gasteiger partial charge in [0.2, 0.25) is 0 Å². The summed E-state index contributed by atoms with van der Waals surface area (Å²) in [5.41, 5.74) is 3.03. The van der Waals surface area contributed by atoms with Crippen molar-refractivity contribution in [3.63, 3.8) is 0 Å². The van der Waals surface area contributed by atoms with Crippen LogP contribution in [0.1, 0.15) is 31.1 Å². The first kappa shape index (κ1) is 18.5. The van der Waals surface area contributed by atoms with Gasteiger partial charge in [0.15, 0.2) is 0 Å². The minimum atomic E-state index is -0.227. The Kier molecular flexibility index (Phi) is 5.14. The van der Waals surface area contributed by atoms with Crippen LogP contribution in [0, 0.1) is 17.4 Å². The van der Waals surface area contributed by atoms with Gasteiger partial charge in [-0.3, -0.25) is 9.48 Å². The number of nitrogens with zero attached hydrogens (tertiary/aromatic N) is 3. The fraction of sp³-hybridized carbons (Fsp3) is 0.217. The van der Waals surface area contributed by atoms with Crippen LogP contribution in [0.25, 0.3) is 11.1 Å². The van der Waals surface area contributed by atoms with Gasteiger partial charge >= 0.3 is 0 Å². The summed E-state index contributed by atoms with van der Waals surface area (Å²) < 4.78 is 1.62. The third kappa shape index (κ3) is 4.45. The number of para-hydroxylation sites is 1. The largest absolute Gasteiger partial charge is 0.275 e. The standard InChI is InChI=1S/C23H23N3O/c1-23(2,3)14-15-26(22(27)19-16-24-25(4)17-19)21-13-9-8-12-20(21)18-10-6-5-7-11-18/h5-13,16-17H,1-4H3. The second-order valence-electron chi connectivity index (χ2n) is 7.41. The van der Waals surface area contributed by atoms with E-state index in [4.69, 9.17) is 0 Å². The average Bonchev–Trinajstić information content (AvgIpc) is 3.08. The Morgan fingerprint density at radius 2 is 1.70 bits per heavy atom. The van der Waals surface area contributed by atoms with Crippen molar-refractivity contribution < 1.29 is 4.79 Å². The molecule has 0 bridgehead atoms. The van der Waals surface area contributed by atoms with Gasteiger partial charge in [-0.2, -0.15) is 5.10 Å². The molecule has 0 spiro atoms. The second kappa shape index (κ2) is 7.51. The van der Waals surface area contributed by atoms with Crippen molar-refractivity contribution >= 4 is 11.6 Å². The highest BCUT2D eigenvalue weighted by molar-refractivity contribution is 6.10. The fourth-order valence-corrected chi connectivity index (χ4v) is 2.64. The molecule has 0 saturated carbocycles. The Hall–Kier alpha value is -3.32. The lowest BCUT2D eigenvalue weighted by molar-refractivity contribution is 0.1000. The molecule has 1 amide bonds. The zero-order valence-corrected chi connectivity index (χ0v) is 16.1.